The fraction of sp³-hybridized carbons (Fsp3) is 0.211. The van der Waals surface area contributed by atoms with Gasteiger partial charge in [-0.05, 0) is 54.7 Å². The van der Waals surface area contributed by atoms with Crippen LogP contribution in [-0.2, 0) is 4.74 Å². The van der Waals surface area contributed by atoms with Gasteiger partial charge in [0.2, 0.25) is 0 Å². The number of benzene rings is 2. The molecular weight excluding hydrogens is 296 g/mol. The molecule has 0 unspecified atom stereocenters. The maximum Gasteiger partial charge on any atom is 0.338 e. The molecule has 3 heteroatoms. The molecule has 0 heterocycles. The number of esters is 1. The molecule has 112 valence electrons. The highest BCUT2D eigenvalue weighted by Crippen LogP contribution is 2.30. The number of allylic oxidation sites excluding steroid dienone is 1. The molecule has 22 heavy (non-hydrogen) atoms. The van der Waals surface area contributed by atoms with Gasteiger partial charge in [-0.3, -0.25) is 0 Å². The van der Waals surface area contributed by atoms with E-state index in [1.54, 1.807) is 24.3 Å². The van der Waals surface area contributed by atoms with Crippen molar-refractivity contribution in [3.63, 3.8) is 0 Å². The molecule has 2 atom stereocenters. The average Bonchev–Trinajstić information content (AvgIpc) is 2.56. The van der Waals surface area contributed by atoms with Crippen LogP contribution in [0.4, 0.5) is 0 Å². The molecule has 1 aliphatic carbocycles. The van der Waals surface area contributed by atoms with Gasteiger partial charge in [0.1, 0.15) is 6.10 Å². The van der Waals surface area contributed by atoms with Gasteiger partial charge >= 0.3 is 5.97 Å². The van der Waals surface area contributed by atoms with Gasteiger partial charge in [0.05, 0.1) is 5.56 Å². The lowest BCUT2D eigenvalue weighted by atomic mass is 9.86. The molecule has 2 aromatic rings. The van der Waals surface area contributed by atoms with E-state index in [1.807, 2.05) is 24.3 Å². The van der Waals surface area contributed by atoms with Gasteiger partial charge in [-0.15, -0.1) is 0 Å². The molecule has 0 bridgehead atoms. The predicted molar refractivity (Wildman–Crippen MR) is 88.2 cm³/mol. The van der Waals surface area contributed by atoms with Crippen molar-refractivity contribution >= 4 is 17.6 Å². The number of hydrogen-bond acceptors (Lipinski definition) is 2. The number of rotatable bonds is 3. The van der Waals surface area contributed by atoms with Crippen LogP contribution in [0, 0.1) is 0 Å². The van der Waals surface area contributed by atoms with Crippen LogP contribution in [0.2, 0.25) is 5.02 Å². The standard InChI is InChI=1S/C19H17ClO2/c20-17-11-9-15(10-12-17)19(21)22-18-8-4-7-16(13-18)14-5-2-1-3-6-14/h1-6,8-12,16,18H,7,13H2/t16-,18+/m0/s1. The number of carbonyl (C=O) groups excluding carboxylic acids is 1. The Hall–Kier alpha value is -2.06. The van der Waals surface area contributed by atoms with E-state index in [9.17, 15) is 4.79 Å². The van der Waals surface area contributed by atoms with E-state index in [1.165, 1.54) is 5.56 Å². The summed E-state index contributed by atoms with van der Waals surface area (Å²) in [4.78, 5) is 12.2. The summed E-state index contributed by atoms with van der Waals surface area (Å²) < 4.78 is 5.60. The van der Waals surface area contributed by atoms with Gasteiger partial charge in [0, 0.05) is 5.02 Å². The first kappa shape index (κ1) is 14.9. The Balaban J connectivity index is 1.65. The summed E-state index contributed by atoms with van der Waals surface area (Å²) in [7, 11) is 0. The van der Waals surface area contributed by atoms with Crippen molar-refractivity contribution in [2.45, 2.75) is 24.9 Å². The van der Waals surface area contributed by atoms with Crippen molar-refractivity contribution in [2.24, 2.45) is 0 Å². The van der Waals surface area contributed by atoms with E-state index >= 15 is 0 Å². The van der Waals surface area contributed by atoms with Crippen LogP contribution in [0.25, 0.3) is 0 Å². The molecule has 0 fully saturated rings. The first-order valence-electron chi connectivity index (χ1n) is 7.40. The molecule has 3 rings (SSSR count). The predicted octanol–water partition coefficient (Wildman–Crippen LogP) is 5.00. The smallest absolute Gasteiger partial charge is 0.338 e. The monoisotopic (exact) mass is 312 g/mol. The van der Waals surface area contributed by atoms with E-state index in [0.717, 1.165) is 12.8 Å². The fourth-order valence-electron chi connectivity index (χ4n) is 2.73. The Labute approximate surface area is 135 Å². The Morgan fingerprint density at radius 3 is 2.50 bits per heavy atom. The first-order valence-corrected chi connectivity index (χ1v) is 7.78. The molecular formula is C19H17ClO2. The van der Waals surface area contributed by atoms with Gasteiger partial charge in [0.25, 0.3) is 0 Å². The molecule has 1 aliphatic rings. The lowest BCUT2D eigenvalue weighted by molar-refractivity contribution is 0.0359. The second kappa shape index (κ2) is 6.80. The van der Waals surface area contributed by atoms with E-state index in [2.05, 4.69) is 18.2 Å². The minimum Gasteiger partial charge on any atom is -0.455 e. The van der Waals surface area contributed by atoms with E-state index in [0.29, 0.717) is 16.5 Å². The topological polar surface area (TPSA) is 26.3 Å². The van der Waals surface area contributed by atoms with Crippen LogP contribution in [0.15, 0.2) is 66.7 Å². The average molecular weight is 313 g/mol. The van der Waals surface area contributed by atoms with Crippen LogP contribution in [-0.4, -0.2) is 12.1 Å². The largest absolute Gasteiger partial charge is 0.455 e. The quantitative estimate of drug-likeness (QED) is 0.589. The first-order chi connectivity index (χ1) is 10.7. The van der Waals surface area contributed by atoms with Crippen molar-refractivity contribution in [3.8, 4) is 0 Å². The minimum absolute atomic E-state index is 0.179. The molecule has 0 aromatic heterocycles. The molecule has 0 aliphatic heterocycles. The van der Waals surface area contributed by atoms with Crippen molar-refractivity contribution in [1.29, 1.82) is 0 Å². The number of ether oxygens (including phenoxy) is 1. The van der Waals surface area contributed by atoms with Crippen LogP contribution < -0.4 is 0 Å². The van der Waals surface area contributed by atoms with Crippen molar-refractivity contribution in [3.05, 3.63) is 82.9 Å². The van der Waals surface area contributed by atoms with Gasteiger partial charge in [0.15, 0.2) is 0 Å². The van der Waals surface area contributed by atoms with E-state index in [-0.39, 0.29) is 12.1 Å². The zero-order valence-electron chi connectivity index (χ0n) is 12.1. The van der Waals surface area contributed by atoms with Crippen molar-refractivity contribution in [1.82, 2.24) is 0 Å². The lowest BCUT2D eigenvalue weighted by Crippen LogP contribution is -2.21. The summed E-state index contributed by atoms with van der Waals surface area (Å²) >= 11 is 5.83. The lowest BCUT2D eigenvalue weighted by Gasteiger charge is -2.25. The summed E-state index contributed by atoms with van der Waals surface area (Å²) in [5.74, 6) is 0.0919. The molecule has 0 amide bonds. The maximum absolute atomic E-state index is 12.2. The van der Waals surface area contributed by atoms with Crippen LogP contribution in [0.1, 0.15) is 34.7 Å². The molecule has 2 nitrogen and oxygen atoms in total. The van der Waals surface area contributed by atoms with E-state index < -0.39 is 0 Å². The van der Waals surface area contributed by atoms with Gasteiger partial charge in [-0.1, -0.05) is 48.0 Å². The highest BCUT2D eigenvalue weighted by molar-refractivity contribution is 6.30. The summed E-state index contributed by atoms with van der Waals surface area (Å²) in [6.07, 6.45) is 5.70. The van der Waals surface area contributed by atoms with Crippen LogP contribution in [0.5, 0.6) is 0 Å². The Kier molecular flexibility index (Phi) is 4.59. The number of halogens is 1. The number of carbonyl (C=O) groups is 1. The molecule has 2 aromatic carbocycles. The van der Waals surface area contributed by atoms with Gasteiger partial charge in [-0.2, -0.15) is 0 Å². The Morgan fingerprint density at radius 1 is 1.05 bits per heavy atom. The van der Waals surface area contributed by atoms with Crippen molar-refractivity contribution < 1.29 is 9.53 Å². The second-order valence-corrected chi connectivity index (χ2v) is 5.89. The third kappa shape index (κ3) is 3.58. The van der Waals surface area contributed by atoms with Crippen molar-refractivity contribution in [2.75, 3.05) is 0 Å². The van der Waals surface area contributed by atoms with Crippen LogP contribution in [0.3, 0.4) is 0 Å². The third-order valence-corrected chi connectivity index (χ3v) is 4.15. The van der Waals surface area contributed by atoms with Gasteiger partial charge in [-0.25, -0.2) is 4.79 Å². The maximum atomic E-state index is 12.2. The fourth-order valence-corrected chi connectivity index (χ4v) is 2.85. The SMILES string of the molecule is O=C(O[C@@H]1C=CC[C@H](c2ccccc2)C1)c1ccc(Cl)cc1. The molecule has 0 spiro atoms. The summed E-state index contributed by atoms with van der Waals surface area (Å²) in [5, 5.41) is 0.609. The summed E-state index contributed by atoms with van der Waals surface area (Å²) in [5.41, 5.74) is 1.82. The summed E-state index contributed by atoms with van der Waals surface area (Å²) in [6.45, 7) is 0. The zero-order valence-corrected chi connectivity index (χ0v) is 12.9. The Bertz CT molecular complexity index is 662. The second-order valence-electron chi connectivity index (χ2n) is 5.46. The summed E-state index contributed by atoms with van der Waals surface area (Å²) in [6, 6.07) is 17.1. The highest BCUT2D eigenvalue weighted by Gasteiger charge is 2.22. The molecule has 0 saturated carbocycles. The molecule has 0 N–H and O–H groups in total. The third-order valence-electron chi connectivity index (χ3n) is 3.90. The normalized spacial score (nSPS) is 20.6. The minimum atomic E-state index is -0.306. The highest BCUT2D eigenvalue weighted by atomic mass is 35.5. The number of hydrogen-bond donors (Lipinski definition) is 0. The molecule has 0 radical (unpaired) electrons. The van der Waals surface area contributed by atoms with Gasteiger partial charge < -0.3 is 4.74 Å². The Morgan fingerprint density at radius 2 is 1.77 bits per heavy atom. The zero-order chi connectivity index (χ0) is 15.4. The van der Waals surface area contributed by atoms with E-state index in [4.69, 9.17) is 16.3 Å². The van der Waals surface area contributed by atoms with Crippen LogP contribution >= 0.6 is 11.6 Å². The molecule has 0 saturated heterocycles.